The number of hydrogen-bond acceptors (Lipinski definition) is 2. The van der Waals surface area contributed by atoms with Crippen molar-refractivity contribution in [1.82, 2.24) is 0 Å². The smallest absolute Gasteiger partial charge is 0.191 e. The second-order valence-electron chi connectivity index (χ2n) is 3.80. The molecular weight excluding hydrogens is 318 g/mol. The van der Waals surface area contributed by atoms with Gasteiger partial charge in [0.25, 0.3) is 0 Å². The second-order valence-corrected chi connectivity index (χ2v) is 4.65. The van der Waals surface area contributed by atoms with Crippen molar-refractivity contribution < 1.29 is 18.3 Å². The highest BCUT2D eigenvalue weighted by Gasteiger charge is 2.11. The largest absolute Gasteiger partial charge is 0.497 e. The molecule has 0 aliphatic heterocycles. The Morgan fingerprint density at radius 1 is 1.11 bits per heavy atom. The Kier molecular flexibility index (Phi) is 4.37. The standard InChI is InChI=1S/C14H11BrF2O2/c1-18-10-5-6-11(15)9(7-10)8-19-14-12(16)3-2-4-13(14)17/h2-7H,8H2,1H3. The maximum absolute atomic E-state index is 13.4. The first-order chi connectivity index (χ1) is 9.11. The van der Waals surface area contributed by atoms with Crippen LogP contribution in [0.1, 0.15) is 5.56 Å². The molecule has 0 amide bonds. The van der Waals surface area contributed by atoms with Crippen LogP contribution in [0.3, 0.4) is 0 Å². The van der Waals surface area contributed by atoms with Crippen LogP contribution in [0.5, 0.6) is 11.5 Å². The highest BCUT2D eigenvalue weighted by molar-refractivity contribution is 9.10. The Morgan fingerprint density at radius 3 is 2.42 bits per heavy atom. The first-order valence-electron chi connectivity index (χ1n) is 5.51. The minimum Gasteiger partial charge on any atom is -0.497 e. The average molecular weight is 329 g/mol. The summed E-state index contributed by atoms with van der Waals surface area (Å²) >= 11 is 3.35. The minimum atomic E-state index is -0.723. The maximum Gasteiger partial charge on any atom is 0.191 e. The van der Waals surface area contributed by atoms with Gasteiger partial charge in [0.2, 0.25) is 0 Å². The highest BCUT2D eigenvalue weighted by Crippen LogP contribution is 2.26. The van der Waals surface area contributed by atoms with E-state index in [9.17, 15) is 8.78 Å². The van der Waals surface area contributed by atoms with Gasteiger partial charge in [0.15, 0.2) is 17.4 Å². The molecule has 0 saturated heterocycles. The Bertz CT molecular complexity index is 567. The van der Waals surface area contributed by atoms with Gasteiger partial charge in [0.1, 0.15) is 12.4 Å². The molecule has 0 aliphatic rings. The topological polar surface area (TPSA) is 18.5 Å². The lowest BCUT2D eigenvalue weighted by atomic mass is 10.2. The molecule has 19 heavy (non-hydrogen) atoms. The maximum atomic E-state index is 13.4. The molecule has 2 nitrogen and oxygen atoms in total. The fourth-order valence-corrected chi connectivity index (χ4v) is 1.92. The van der Waals surface area contributed by atoms with Gasteiger partial charge in [-0.1, -0.05) is 22.0 Å². The van der Waals surface area contributed by atoms with Gasteiger partial charge in [-0.3, -0.25) is 0 Å². The van der Waals surface area contributed by atoms with Crippen molar-refractivity contribution in [3.8, 4) is 11.5 Å². The van der Waals surface area contributed by atoms with Gasteiger partial charge in [-0.25, -0.2) is 8.78 Å². The molecule has 0 fully saturated rings. The van der Waals surface area contributed by atoms with Gasteiger partial charge < -0.3 is 9.47 Å². The van der Waals surface area contributed by atoms with E-state index in [0.717, 1.165) is 22.2 Å². The molecule has 0 bridgehead atoms. The lowest BCUT2D eigenvalue weighted by Crippen LogP contribution is -2.01. The molecule has 0 aromatic heterocycles. The van der Waals surface area contributed by atoms with E-state index in [1.54, 1.807) is 25.3 Å². The zero-order valence-corrected chi connectivity index (χ0v) is 11.7. The van der Waals surface area contributed by atoms with Crippen LogP contribution in [0.4, 0.5) is 8.78 Å². The lowest BCUT2D eigenvalue weighted by Gasteiger charge is -2.10. The number of methoxy groups -OCH3 is 1. The van der Waals surface area contributed by atoms with Crippen LogP contribution in [-0.4, -0.2) is 7.11 Å². The van der Waals surface area contributed by atoms with E-state index in [1.165, 1.54) is 6.07 Å². The molecule has 0 saturated carbocycles. The summed E-state index contributed by atoms with van der Waals surface area (Å²) in [6.45, 7) is 0.0373. The predicted molar refractivity (Wildman–Crippen MR) is 71.4 cm³/mol. The summed E-state index contributed by atoms with van der Waals surface area (Å²) in [7, 11) is 1.55. The van der Waals surface area contributed by atoms with Crippen LogP contribution >= 0.6 is 15.9 Å². The molecule has 5 heteroatoms. The third kappa shape index (κ3) is 3.23. The van der Waals surface area contributed by atoms with Gasteiger partial charge >= 0.3 is 0 Å². The normalized spacial score (nSPS) is 10.3. The molecule has 0 atom stereocenters. The summed E-state index contributed by atoms with van der Waals surface area (Å²) in [5.74, 6) is -1.17. The third-order valence-corrected chi connectivity index (χ3v) is 3.32. The van der Waals surface area contributed by atoms with Gasteiger partial charge in [-0.2, -0.15) is 0 Å². The van der Waals surface area contributed by atoms with Crippen molar-refractivity contribution in [3.05, 3.63) is 58.1 Å². The van der Waals surface area contributed by atoms with E-state index in [4.69, 9.17) is 9.47 Å². The van der Waals surface area contributed by atoms with Crippen molar-refractivity contribution >= 4 is 15.9 Å². The van der Waals surface area contributed by atoms with E-state index < -0.39 is 11.6 Å². The molecule has 0 N–H and O–H groups in total. The lowest BCUT2D eigenvalue weighted by molar-refractivity contribution is 0.273. The van der Waals surface area contributed by atoms with E-state index in [1.807, 2.05) is 0 Å². The summed E-state index contributed by atoms with van der Waals surface area (Å²) < 4.78 is 37.9. The van der Waals surface area contributed by atoms with Crippen LogP contribution in [0.2, 0.25) is 0 Å². The molecule has 100 valence electrons. The predicted octanol–water partition coefficient (Wildman–Crippen LogP) is 4.31. The van der Waals surface area contributed by atoms with Crippen LogP contribution in [-0.2, 0) is 6.61 Å². The number of benzene rings is 2. The minimum absolute atomic E-state index is 0.0373. The van der Waals surface area contributed by atoms with Crippen LogP contribution < -0.4 is 9.47 Å². The fourth-order valence-electron chi connectivity index (χ4n) is 1.56. The van der Waals surface area contributed by atoms with Gasteiger partial charge in [-0.15, -0.1) is 0 Å². The molecule has 2 aromatic rings. The zero-order valence-electron chi connectivity index (χ0n) is 10.1. The molecule has 0 radical (unpaired) electrons. The van der Waals surface area contributed by atoms with Crippen molar-refractivity contribution in [3.63, 3.8) is 0 Å². The number of ether oxygens (including phenoxy) is 2. The summed E-state index contributed by atoms with van der Waals surface area (Å²) in [5.41, 5.74) is 0.738. The van der Waals surface area contributed by atoms with Crippen molar-refractivity contribution in [2.75, 3.05) is 7.11 Å². The molecule has 0 aliphatic carbocycles. The van der Waals surface area contributed by atoms with Crippen molar-refractivity contribution in [1.29, 1.82) is 0 Å². The zero-order chi connectivity index (χ0) is 13.8. The van der Waals surface area contributed by atoms with Crippen LogP contribution in [0.15, 0.2) is 40.9 Å². The molecule has 0 spiro atoms. The van der Waals surface area contributed by atoms with E-state index >= 15 is 0 Å². The van der Waals surface area contributed by atoms with E-state index in [2.05, 4.69) is 15.9 Å². The van der Waals surface area contributed by atoms with Crippen LogP contribution in [0.25, 0.3) is 0 Å². The molecule has 2 rings (SSSR count). The number of hydrogen-bond donors (Lipinski definition) is 0. The third-order valence-electron chi connectivity index (χ3n) is 2.54. The number of para-hydroxylation sites is 1. The fraction of sp³-hybridized carbons (Fsp3) is 0.143. The Morgan fingerprint density at radius 2 is 1.79 bits per heavy atom. The van der Waals surface area contributed by atoms with Gasteiger partial charge in [0.05, 0.1) is 7.11 Å². The quantitative estimate of drug-likeness (QED) is 0.832. The second kappa shape index (κ2) is 6.02. The number of halogens is 3. The molecule has 0 unspecified atom stereocenters. The van der Waals surface area contributed by atoms with E-state index in [0.29, 0.717) is 5.75 Å². The average Bonchev–Trinajstić information content (AvgIpc) is 2.40. The van der Waals surface area contributed by atoms with Crippen LogP contribution in [0, 0.1) is 11.6 Å². The molecular formula is C14H11BrF2O2. The van der Waals surface area contributed by atoms with Gasteiger partial charge in [-0.05, 0) is 30.3 Å². The Labute approximate surface area is 118 Å². The van der Waals surface area contributed by atoms with E-state index in [-0.39, 0.29) is 12.4 Å². The van der Waals surface area contributed by atoms with Crippen molar-refractivity contribution in [2.45, 2.75) is 6.61 Å². The molecule has 0 heterocycles. The Hall–Kier alpha value is -1.62. The number of rotatable bonds is 4. The van der Waals surface area contributed by atoms with Crippen molar-refractivity contribution in [2.24, 2.45) is 0 Å². The molecule has 2 aromatic carbocycles. The SMILES string of the molecule is COc1ccc(Br)c(COc2c(F)cccc2F)c1. The summed E-state index contributed by atoms with van der Waals surface area (Å²) in [5, 5.41) is 0. The highest BCUT2D eigenvalue weighted by atomic mass is 79.9. The first-order valence-corrected chi connectivity index (χ1v) is 6.30. The first kappa shape index (κ1) is 13.8. The summed E-state index contributed by atoms with van der Waals surface area (Å²) in [4.78, 5) is 0. The summed E-state index contributed by atoms with van der Waals surface area (Å²) in [6, 6.07) is 8.90. The Balaban J connectivity index is 2.19. The monoisotopic (exact) mass is 328 g/mol. The summed E-state index contributed by atoms with van der Waals surface area (Å²) in [6.07, 6.45) is 0. The van der Waals surface area contributed by atoms with Gasteiger partial charge in [0, 0.05) is 10.0 Å².